The van der Waals surface area contributed by atoms with Gasteiger partial charge in [-0.25, -0.2) is 0 Å². The van der Waals surface area contributed by atoms with Gasteiger partial charge in [-0.05, 0) is 18.4 Å². The summed E-state index contributed by atoms with van der Waals surface area (Å²) in [5, 5.41) is 0. The highest BCUT2D eigenvalue weighted by molar-refractivity contribution is 7.80. The first-order valence-electron chi connectivity index (χ1n) is 5.91. The van der Waals surface area contributed by atoms with Crippen LogP contribution < -0.4 is 0 Å². The Hall–Kier alpha value is -0.500. The van der Waals surface area contributed by atoms with E-state index >= 15 is 0 Å². The molecule has 0 aliphatic rings. The second-order valence-electron chi connectivity index (χ2n) is 3.93. The van der Waals surface area contributed by atoms with Gasteiger partial charge in [-0.2, -0.15) is 0 Å². The summed E-state index contributed by atoms with van der Waals surface area (Å²) in [7, 11) is -1.27. The van der Waals surface area contributed by atoms with Gasteiger partial charge < -0.3 is 4.52 Å². The van der Waals surface area contributed by atoms with Crippen molar-refractivity contribution >= 4 is 25.8 Å². The summed E-state index contributed by atoms with van der Waals surface area (Å²) in [6, 6.07) is 9.86. The van der Waals surface area contributed by atoms with Crippen LogP contribution in [-0.4, -0.2) is 4.86 Å². The van der Waals surface area contributed by atoms with Crippen molar-refractivity contribution in [2.45, 2.75) is 38.7 Å². The van der Waals surface area contributed by atoms with Crippen molar-refractivity contribution in [2.24, 2.45) is 0 Å². The SMILES string of the molecule is CCCC(O[PH2]=O)(C(=S)CC)c1ccccc1. The minimum Gasteiger partial charge on any atom is -0.315 e. The van der Waals surface area contributed by atoms with Gasteiger partial charge in [0, 0.05) is 4.86 Å². The number of hydrogen-bond acceptors (Lipinski definition) is 3. The maximum absolute atomic E-state index is 11.0. The average molecular weight is 270 g/mol. The van der Waals surface area contributed by atoms with E-state index in [0.29, 0.717) is 0 Å². The largest absolute Gasteiger partial charge is 0.315 e. The molecule has 2 nitrogen and oxygen atoms in total. The quantitative estimate of drug-likeness (QED) is 0.550. The highest BCUT2D eigenvalue weighted by Crippen LogP contribution is 2.37. The van der Waals surface area contributed by atoms with Crippen molar-refractivity contribution in [3.05, 3.63) is 35.9 Å². The lowest BCUT2D eigenvalue weighted by Gasteiger charge is -2.32. The molecule has 2 unspecified atom stereocenters. The molecule has 0 spiro atoms. The Balaban J connectivity index is 3.23. The van der Waals surface area contributed by atoms with Crippen molar-refractivity contribution in [3.8, 4) is 0 Å². The Morgan fingerprint density at radius 3 is 2.47 bits per heavy atom. The van der Waals surface area contributed by atoms with E-state index in [0.717, 1.165) is 29.7 Å². The maximum atomic E-state index is 11.0. The second kappa shape index (κ2) is 7.05. The summed E-state index contributed by atoms with van der Waals surface area (Å²) in [6.45, 7) is 4.10. The van der Waals surface area contributed by atoms with Crippen molar-refractivity contribution in [1.29, 1.82) is 0 Å². The van der Waals surface area contributed by atoms with Crippen LogP contribution in [0.2, 0.25) is 0 Å². The van der Waals surface area contributed by atoms with Crippen LogP contribution in [0.25, 0.3) is 0 Å². The first kappa shape index (κ1) is 14.6. The maximum Gasteiger partial charge on any atom is 0.181 e. The molecule has 0 amide bonds. The molecule has 1 aromatic carbocycles. The smallest absolute Gasteiger partial charge is 0.181 e. The molecule has 94 valence electrons. The van der Waals surface area contributed by atoms with Gasteiger partial charge in [0.05, 0.1) is 0 Å². The Labute approximate surface area is 110 Å². The highest BCUT2D eigenvalue weighted by atomic mass is 32.1. The summed E-state index contributed by atoms with van der Waals surface area (Å²) in [5.41, 5.74) is 0.369. The van der Waals surface area contributed by atoms with Crippen molar-refractivity contribution < 1.29 is 9.09 Å². The van der Waals surface area contributed by atoms with Crippen LogP contribution in [-0.2, 0) is 14.7 Å². The predicted molar refractivity (Wildman–Crippen MR) is 77.4 cm³/mol. The molecule has 0 N–H and O–H groups in total. The van der Waals surface area contributed by atoms with E-state index < -0.39 is 14.3 Å². The van der Waals surface area contributed by atoms with Gasteiger partial charge in [0.15, 0.2) is 8.69 Å². The molecule has 1 rings (SSSR count). The van der Waals surface area contributed by atoms with E-state index in [1.54, 1.807) is 0 Å². The lowest BCUT2D eigenvalue weighted by molar-refractivity contribution is 0.149. The van der Waals surface area contributed by atoms with E-state index in [-0.39, 0.29) is 0 Å². The molecule has 0 saturated carbocycles. The number of thiocarbonyl (C=S) groups is 1. The first-order valence-corrected chi connectivity index (χ1v) is 7.26. The number of rotatable bonds is 7. The van der Waals surface area contributed by atoms with Gasteiger partial charge >= 0.3 is 0 Å². The van der Waals surface area contributed by atoms with Crippen molar-refractivity contribution in [2.75, 3.05) is 0 Å². The molecule has 1 aromatic rings. The third-order valence-electron chi connectivity index (χ3n) is 2.86. The monoisotopic (exact) mass is 270 g/mol. The topological polar surface area (TPSA) is 26.3 Å². The molecule has 2 atom stereocenters. The molecule has 0 saturated heterocycles. The van der Waals surface area contributed by atoms with Crippen LogP contribution in [0.5, 0.6) is 0 Å². The summed E-state index contributed by atoms with van der Waals surface area (Å²) >= 11 is 5.45. The second-order valence-corrected chi connectivity index (χ2v) is 4.85. The zero-order valence-electron chi connectivity index (χ0n) is 10.3. The minimum atomic E-state index is -1.27. The average Bonchev–Trinajstić information content (AvgIpc) is 2.38. The van der Waals surface area contributed by atoms with Crippen LogP contribution in [0.1, 0.15) is 38.7 Å². The standard InChI is InChI=1S/C13H19O2PS/c1-3-10-13(15-16-14,12(17)4-2)11-8-6-5-7-9-11/h5-9H,3-4,10,16H2,1-2H3. The molecule has 0 aliphatic heterocycles. The van der Waals surface area contributed by atoms with Gasteiger partial charge in [0.25, 0.3) is 0 Å². The van der Waals surface area contributed by atoms with Crippen LogP contribution in [0.4, 0.5) is 0 Å². The molecule has 17 heavy (non-hydrogen) atoms. The molecular weight excluding hydrogens is 251 g/mol. The van der Waals surface area contributed by atoms with Crippen LogP contribution >= 0.6 is 20.9 Å². The fraction of sp³-hybridized carbons (Fsp3) is 0.462. The Bertz CT molecular complexity index is 380. The van der Waals surface area contributed by atoms with Gasteiger partial charge in [0.1, 0.15) is 5.60 Å². The third kappa shape index (κ3) is 3.25. The zero-order chi connectivity index (χ0) is 12.7. The Kier molecular flexibility index (Phi) is 6.04. The normalized spacial score (nSPS) is 14.9. The van der Waals surface area contributed by atoms with Crippen LogP contribution in [0, 0.1) is 0 Å². The summed E-state index contributed by atoms with van der Waals surface area (Å²) < 4.78 is 16.6. The number of benzene rings is 1. The summed E-state index contributed by atoms with van der Waals surface area (Å²) in [6.07, 6.45) is 2.47. The molecule has 0 aromatic heterocycles. The third-order valence-corrected chi connectivity index (χ3v) is 3.98. The van der Waals surface area contributed by atoms with E-state index in [4.69, 9.17) is 16.7 Å². The Morgan fingerprint density at radius 2 is 2.00 bits per heavy atom. The van der Waals surface area contributed by atoms with Crippen molar-refractivity contribution in [3.63, 3.8) is 0 Å². The fourth-order valence-corrected chi connectivity index (χ4v) is 2.98. The van der Waals surface area contributed by atoms with Gasteiger partial charge in [-0.15, -0.1) is 0 Å². The van der Waals surface area contributed by atoms with Gasteiger partial charge in [0.2, 0.25) is 0 Å². The molecule has 0 fully saturated rings. The van der Waals surface area contributed by atoms with E-state index in [1.165, 1.54) is 0 Å². The summed E-state index contributed by atoms with van der Waals surface area (Å²) in [4.78, 5) is 0.828. The van der Waals surface area contributed by atoms with Crippen molar-refractivity contribution in [1.82, 2.24) is 0 Å². The molecule has 0 bridgehead atoms. The van der Waals surface area contributed by atoms with E-state index in [1.807, 2.05) is 37.3 Å². The van der Waals surface area contributed by atoms with Gasteiger partial charge in [-0.3, -0.25) is 4.57 Å². The summed E-state index contributed by atoms with van der Waals surface area (Å²) in [5.74, 6) is 0. The lowest BCUT2D eigenvalue weighted by Crippen LogP contribution is -2.35. The lowest BCUT2D eigenvalue weighted by atomic mass is 9.85. The molecule has 4 heteroatoms. The molecule has 0 heterocycles. The van der Waals surface area contributed by atoms with Crippen LogP contribution in [0.3, 0.4) is 0 Å². The van der Waals surface area contributed by atoms with E-state index in [2.05, 4.69) is 6.92 Å². The van der Waals surface area contributed by atoms with Gasteiger partial charge in [-0.1, -0.05) is 62.8 Å². The first-order chi connectivity index (χ1) is 8.21. The molecule has 0 radical (unpaired) electrons. The highest BCUT2D eigenvalue weighted by Gasteiger charge is 2.35. The molecule has 0 aliphatic carbocycles. The van der Waals surface area contributed by atoms with E-state index in [9.17, 15) is 4.57 Å². The Morgan fingerprint density at radius 1 is 1.35 bits per heavy atom. The zero-order valence-corrected chi connectivity index (χ0v) is 12.3. The molecular formula is C13H19O2PS. The number of hydrogen-bond donors (Lipinski definition) is 0. The minimum absolute atomic E-state index is 0.642. The predicted octanol–water partition coefficient (Wildman–Crippen LogP) is 4.15. The fourth-order valence-electron chi connectivity index (χ4n) is 2.06. The van der Waals surface area contributed by atoms with Crippen LogP contribution in [0.15, 0.2) is 30.3 Å².